The molecule has 8 heavy (non-hydrogen) atoms. The molecule has 0 aromatic heterocycles. The first-order valence-corrected chi connectivity index (χ1v) is 3.55. The highest BCUT2D eigenvalue weighted by Crippen LogP contribution is 2.23. The first-order valence-electron chi connectivity index (χ1n) is 3.03. The summed E-state index contributed by atoms with van der Waals surface area (Å²) in [6, 6.07) is 0. The van der Waals surface area contributed by atoms with E-state index in [2.05, 4.69) is 26.5 Å². The third-order valence-electron chi connectivity index (χ3n) is 1.56. The van der Waals surface area contributed by atoms with E-state index in [1.54, 1.807) is 0 Å². The summed E-state index contributed by atoms with van der Waals surface area (Å²) in [5.41, 5.74) is 0. The van der Waals surface area contributed by atoms with Crippen LogP contribution in [0.2, 0.25) is 0 Å². The van der Waals surface area contributed by atoms with Gasteiger partial charge in [0.15, 0.2) is 0 Å². The van der Waals surface area contributed by atoms with Gasteiger partial charge in [0, 0.05) is 5.25 Å². The molecule has 1 heterocycles. The second kappa shape index (κ2) is 2.28. The third kappa shape index (κ3) is 1.17. The zero-order valence-corrected chi connectivity index (χ0v) is 6.19. The van der Waals surface area contributed by atoms with Crippen LogP contribution in [0.4, 0.5) is 0 Å². The fourth-order valence-electron chi connectivity index (χ4n) is 1.04. The molecule has 1 nitrogen and oxygen atoms in total. The summed E-state index contributed by atoms with van der Waals surface area (Å²) in [5, 5.41) is 0.463. The van der Waals surface area contributed by atoms with Gasteiger partial charge in [-0.25, -0.2) is 0 Å². The summed E-state index contributed by atoms with van der Waals surface area (Å²) in [7, 11) is 0. The van der Waals surface area contributed by atoms with Crippen LogP contribution >= 0.6 is 12.6 Å². The molecule has 1 aliphatic heterocycles. The Labute approximate surface area is 55.8 Å². The molecule has 0 radical (unpaired) electrons. The van der Waals surface area contributed by atoms with E-state index in [0.717, 1.165) is 6.42 Å². The molecule has 0 amide bonds. The van der Waals surface area contributed by atoms with Gasteiger partial charge >= 0.3 is 0 Å². The Morgan fingerprint density at radius 1 is 1.50 bits per heavy atom. The summed E-state index contributed by atoms with van der Waals surface area (Å²) in [5.74, 6) is 0. The van der Waals surface area contributed by atoms with Crippen molar-refractivity contribution in [2.75, 3.05) is 0 Å². The van der Waals surface area contributed by atoms with Gasteiger partial charge in [0.25, 0.3) is 0 Å². The topological polar surface area (TPSA) is 9.23 Å². The molecular formula is C6H12OS. The molecule has 0 unspecified atom stereocenters. The minimum Gasteiger partial charge on any atom is -0.374 e. The standard InChI is InChI=1S/C6H12OS/c1-4-3-6(8)5(2)7-4/h4-6,8H,3H2,1-2H3/t4-,5-,6-/m1/s1. The number of hydrogen-bond acceptors (Lipinski definition) is 2. The van der Waals surface area contributed by atoms with E-state index in [4.69, 9.17) is 4.74 Å². The van der Waals surface area contributed by atoms with Crippen molar-refractivity contribution in [2.45, 2.75) is 37.7 Å². The Morgan fingerprint density at radius 3 is 2.25 bits per heavy atom. The maximum absolute atomic E-state index is 5.40. The van der Waals surface area contributed by atoms with Crippen molar-refractivity contribution in [3.63, 3.8) is 0 Å². The van der Waals surface area contributed by atoms with Crippen LogP contribution in [-0.2, 0) is 4.74 Å². The van der Waals surface area contributed by atoms with E-state index in [1.165, 1.54) is 0 Å². The van der Waals surface area contributed by atoms with Crippen LogP contribution in [0, 0.1) is 0 Å². The number of thiol groups is 1. The molecule has 2 heteroatoms. The Bertz CT molecular complexity index is 74.6. The van der Waals surface area contributed by atoms with Crippen molar-refractivity contribution in [3.8, 4) is 0 Å². The lowest BCUT2D eigenvalue weighted by atomic mass is 10.2. The molecule has 0 aromatic carbocycles. The van der Waals surface area contributed by atoms with Gasteiger partial charge in [-0.3, -0.25) is 0 Å². The van der Waals surface area contributed by atoms with Crippen molar-refractivity contribution in [3.05, 3.63) is 0 Å². The second-order valence-electron chi connectivity index (χ2n) is 2.45. The molecule has 0 aromatic rings. The SMILES string of the molecule is C[C@@H]1C[C@@H](S)[C@@H](C)O1. The molecular weight excluding hydrogens is 120 g/mol. The fourth-order valence-corrected chi connectivity index (χ4v) is 1.41. The Balaban J connectivity index is 2.39. The molecule has 1 rings (SSSR count). The van der Waals surface area contributed by atoms with E-state index in [9.17, 15) is 0 Å². The second-order valence-corrected chi connectivity index (χ2v) is 3.12. The van der Waals surface area contributed by atoms with Gasteiger partial charge in [-0.2, -0.15) is 12.6 Å². The molecule has 0 N–H and O–H groups in total. The van der Waals surface area contributed by atoms with E-state index in [0.29, 0.717) is 17.5 Å². The molecule has 0 spiro atoms. The van der Waals surface area contributed by atoms with Crippen molar-refractivity contribution >= 4 is 12.6 Å². The predicted molar refractivity (Wildman–Crippen MR) is 37.4 cm³/mol. The first kappa shape index (κ1) is 6.43. The monoisotopic (exact) mass is 132 g/mol. The van der Waals surface area contributed by atoms with Crippen LogP contribution in [0.1, 0.15) is 20.3 Å². The molecule has 3 atom stereocenters. The molecule has 0 aliphatic carbocycles. The smallest absolute Gasteiger partial charge is 0.0667 e. The highest BCUT2D eigenvalue weighted by atomic mass is 32.1. The average Bonchev–Trinajstić information content (AvgIpc) is 1.85. The lowest BCUT2D eigenvalue weighted by molar-refractivity contribution is 0.0684. The molecule has 48 valence electrons. The van der Waals surface area contributed by atoms with E-state index < -0.39 is 0 Å². The van der Waals surface area contributed by atoms with Gasteiger partial charge in [-0.15, -0.1) is 0 Å². The van der Waals surface area contributed by atoms with Crippen LogP contribution < -0.4 is 0 Å². The van der Waals surface area contributed by atoms with Crippen molar-refractivity contribution in [1.82, 2.24) is 0 Å². The van der Waals surface area contributed by atoms with Crippen molar-refractivity contribution in [2.24, 2.45) is 0 Å². The zero-order chi connectivity index (χ0) is 6.15. The van der Waals surface area contributed by atoms with E-state index in [1.807, 2.05) is 0 Å². The van der Waals surface area contributed by atoms with Crippen LogP contribution in [0.25, 0.3) is 0 Å². The maximum Gasteiger partial charge on any atom is 0.0667 e. The van der Waals surface area contributed by atoms with Gasteiger partial charge in [0.05, 0.1) is 12.2 Å². The van der Waals surface area contributed by atoms with Crippen molar-refractivity contribution < 1.29 is 4.74 Å². The van der Waals surface area contributed by atoms with Gasteiger partial charge in [0.2, 0.25) is 0 Å². The molecule has 1 fully saturated rings. The number of rotatable bonds is 0. The van der Waals surface area contributed by atoms with Gasteiger partial charge in [-0.05, 0) is 20.3 Å². The first-order chi connectivity index (χ1) is 3.70. The van der Waals surface area contributed by atoms with Crippen LogP contribution in [-0.4, -0.2) is 17.5 Å². The summed E-state index contributed by atoms with van der Waals surface area (Å²) >= 11 is 4.32. The normalized spacial score (nSPS) is 47.6. The van der Waals surface area contributed by atoms with E-state index in [-0.39, 0.29) is 0 Å². The summed E-state index contributed by atoms with van der Waals surface area (Å²) < 4.78 is 5.40. The Hall–Kier alpha value is 0.310. The minimum atomic E-state index is 0.355. The van der Waals surface area contributed by atoms with Gasteiger partial charge in [-0.1, -0.05) is 0 Å². The highest BCUT2D eigenvalue weighted by Gasteiger charge is 2.25. The van der Waals surface area contributed by atoms with Crippen LogP contribution in [0.3, 0.4) is 0 Å². The molecule has 0 saturated carbocycles. The maximum atomic E-state index is 5.40. The van der Waals surface area contributed by atoms with Crippen LogP contribution in [0.5, 0.6) is 0 Å². The fraction of sp³-hybridized carbons (Fsp3) is 1.00. The summed E-state index contributed by atoms with van der Waals surface area (Å²) in [6.07, 6.45) is 1.88. The highest BCUT2D eigenvalue weighted by molar-refractivity contribution is 7.81. The van der Waals surface area contributed by atoms with Crippen molar-refractivity contribution in [1.29, 1.82) is 0 Å². The zero-order valence-electron chi connectivity index (χ0n) is 5.29. The lowest BCUT2D eigenvalue weighted by Crippen LogP contribution is -2.09. The predicted octanol–water partition coefficient (Wildman–Crippen LogP) is 1.48. The molecule has 1 aliphatic rings. The van der Waals surface area contributed by atoms with E-state index >= 15 is 0 Å². The third-order valence-corrected chi connectivity index (χ3v) is 2.19. The Morgan fingerprint density at radius 2 is 2.12 bits per heavy atom. The molecule has 1 saturated heterocycles. The summed E-state index contributed by atoms with van der Waals surface area (Å²) in [6.45, 7) is 4.16. The molecule has 0 bridgehead atoms. The largest absolute Gasteiger partial charge is 0.374 e. The van der Waals surface area contributed by atoms with Gasteiger partial charge < -0.3 is 4.74 Å². The Kier molecular flexibility index (Phi) is 1.83. The lowest BCUT2D eigenvalue weighted by Gasteiger charge is -2.04. The number of ether oxygens (including phenoxy) is 1. The van der Waals surface area contributed by atoms with Gasteiger partial charge in [0.1, 0.15) is 0 Å². The minimum absolute atomic E-state index is 0.355. The number of hydrogen-bond donors (Lipinski definition) is 1. The summed E-state index contributed by atoms with van der Waals surface area (Å²) in [4.78, 5) is 0. The van der Waals surface area contributed by atoms with Crippen LogP contribution in [0.15, 0.2) is 0 Å². The quantitative estimate of drug-likeness (QED) is 0.491. The average molecular weight is 132 g/mol.